The number of hydrogen-bond acceptors (Lipinski definition) is 4. The van der Waals surface area contributed by atoms with Crippen molar-refractivity contribution in [1.29, 1.82) is 0 Å². The van der Waals surface area contributed by atoms with Gasteiger partial charge in [-0.2, -0.15) is 0 Å². The van der Waals surface area contributed by atoms with Crippen LogP contribution < -0.4 is 10.5 Å². The molecule has 1 aromatic heterocycles. The van der Waals surface area contributed by atoms with Crippen molar-refractivity contribution in [3.8, 4) is 0 Å². The Morgan fingerprint density at radius 2 is 1.65 bits per heavy atom. The maximum Gasteiger partial charge on any atom is 0.269 e. The Balaban J connectivity index is 1.41. The SMILES string of the molecule is O=c1cnc2ccccc2n1CCN1CCN(c2ccccc2Cl)CC1. The van der Waals surface area contributed by atoms with Crippen LogP contribution in [-0.2, 0) is 6.54 Å². The summed E-state index contributed by atoms with van der Waals surface area (Å²) in [6.45, 7) is 5.33. The van der Waals surface area contributed by atoms with E-state index in [0.29, 0.717) is 6.54 Å². The summed E-state index contributed by atoms with van der Waals surface area (Å²) >= 11 is 6.31. The lowest BCUT2D eigenvalue weighted by atomic mass is 10.2. The third-order valence-corrected chi connectivity index (χ3v) is 5.28. The Hall–Kier alpha value is -2.37. The average molecular weight is 369 g/mol. The Bertz CT molecular complexity index is 963. The predicted octanol–water partition coefficient (Wildman–Crippen LogP) is 2.87. The zero-order chi connectivity index (χ0) is 17.9. The first kappa shape index (κ1) is 17.1. The van der Waals surface area contributed by atoms with E-state index >= 15 is 0 Å². The van der Waals surface area contributed by atoms with Crippen molar-refractivity contribution in [3.05, 3.63) is 70.1 Å². The first-order chi connectivity index (χ1) is 12.7. The van der Waals surface area contributed by atoms with E-state index in [4.69, 9.17) is 11.6 Å². The quantitative estimate of drug-likeness (QED) is 0.710. The highest BCUT2D eigenvalue weighted by atomic mass is 35.5. The number of hydrogen-bond donors (Lipinski definition) is 0. The van der Waals surface area contributed by atoms with Crippen LogP contribution in [0.3, 0.4) is 0 Å². The molecule has 2 heterocycles. The molecule has 1 fully saturated rings. The maximum absolute atomic E-state index is 12.2. The van der Waals surface area contributed by atoms with Gasteiger partial charge in [0.2, 0.25) is 0 Å². The number of aromatic nitrogens is 2. The minimum Gasteiger partial charge on any atom is -0.368 e. The fourth-order valence-corrected chi connectivity index (χ4v) is 3.76. The van der Waals surface area contributed by atoms with E-state index in [-0.39, 0.29) is 5.56 Å². The van der Waals surface area contributed by atoms with Gasteiger partial charge in [0.15, 0.2) is 0 Å². The summed E-state index contributed by atoms with van der Waals surface area (Å²) in [5, 5.41) is 0.802. The fourth-order valence-electron chi connectivity index (χ4n) is 3.51. The van der Waals surface area contributed by atoms with Crippen molar-refractivity contribution in [2.75, 3.05) is 37.6 Å². The molecule has 2 aromatic carbocycles. The van der Waals surface area contributed by atoms with Crippen LogP contribution in [0, 0.1) is 0 Å². The molecule has 0 N–H and O–H groups in total. The van der Waals surface area contributed by atoms with Gasteiger partial charge >= 0.3 is 0 Å². The average Bonchev–Trinajstić information content (AvgIpc) is 2.68. The monoisotopic (exact) mass is 368 g/mol. The third-order valence-electron chi connectivity index (χ3n) is 4.96. The fraction of sp³-hybridized carbons (Fsp3) is 0.300. The molecule has 3 aromatic rings. The van der Waals surface area contributed by atoms with Crippen molar-refractivity contribution in [2.45, 2.75) is 6.54 Å². The van der Waals surface area contributed by atoms with Crippen LogP contribution in [-0.4, -0.2) is 47.2 Å². The number of halogens is 1. The molecule has 1 aliphatic heterocycles. The van der Waals surface area contributed by atoms with Crippen LogP contribution in [0.2, 0.25) is 5.02 Å². The summed E-state index contributed by atoms with van der Waals surface area (Å²) in [6, 6.07) is 15.8. The van der Waals surface area contributed by atoms with Crippen LogP contribution in [0.15, 0.2) is 59.5 Å². The van der Waals surface area contributed by atoms with Crippen molar-refractivity contribution >= 4 is 28.3 Å². The molecular formula is C20H21ClN4O. The van der Waals surface area contributed by atoms with Gasteiger partial charge < -0.3 is 9.47 Å². The molecule has 134 valence electrons. The molecule has 0 unspecified atom stereocenters. The van der Waals surface area contributed by atoms with E-state index in [9.17, 15) is 4.79 Å². The molecule has 0 radical (unpaired) electrons. The number of fused-ring (bicyclic) bond motifs is 1. The van der Waals surface area contributed by atoms with Gasteiger partial charge in [0.1, 0.15) is 0 Å². The highest BCUT2D eigenvalue weighted by Crippen LogP contribution is 2.25. The van der Waals surface area contributed by atoms with Gasteiger partial charge in [0.25, 0.3) is 5.56 Å². The first-order valence-electron chi connectivity index (χ1n) is 8.89. The van der Waals surface area contributed by atoms with Gasteiger partial charge in [-0.3, -0.25) is 9.69 Å². The second kappa shape index (κ2) is 7.48. The zero-order valence-corrected chi connectivity index (χ0v) is 15.3. The third kappa shape index (κ3) is 3.45. The molecule has 1 aliphatic rings. The summed E-state index contributed by atoms with van der Waals surface area (Å²) in [7, 11) is 0. The molecule has 0 aliphatic carbocycles. The standard InChI is InChI=1S/C20H21ClN4O/c21-16-5-1-3-7-18(16)24-12-9-23(10-13-24)11-14-25-19-8-4-2-6-17(19)22-15-20(25)26/h1-8,15H,9-14H2. The van der Waals surface area contributed by atoms with Crippen molar-refractivity contribution in [2.24, 2.45) is 0 Å². The largest absolute Gasteiger partial charge is 0.368 e. The van der Waals surface area contributed by atoms with E-state index in [2.05, 4.69) is 20.9 Å². The van der Waals surface area contributed by atoms with E-state index in [1.807, 2.05) is 47.0 Å². The Labute approximate surface area is 157 Å². The van der Waals surface area contributed by atoms with E-state index in [0.717, 1.165) is 54.5 Å². The molecule has 4 rings (SSSR count). The number of piperazine rings is 1. The summed E-state index contributed by atoms with van der Waals surface area (Å²) in [4.78, 5) is 21.2. The minimum absolute atomic E-state index is 0.0431. The highest BCUT2D eigenvalue weighted by Gasteiger charge is 2.18. The normalized spacial score (nSPS) is 15.5. The van der Waals surface area contributed by atoms with E-state index in [1.165, 1.54) is 6.20 Å². The van der Waals surface area contributed by atoms with E-state index < -0.39 is 0 Å². The number of anilines is 1. The smallest absolute Gasteiger partial charge is 0.269 e. The van der Waals surface area contributed by atoms with Crippen LogP contribution in [0.1, 0.15) is 0 Å². The highest BCUT2D eigenvalue weighted by molar-refractivity contribution is 6.33. The Kier molecular flexibility index (Phi) is 4.91. The number of benzene rings is 2. The van der Waals surface area contributed by atoms with Crippen molar-refractivity contribution in [1.82, 2.24) is 14.5 Å². The van der Waals surface area contributed by atoms with E-state index in [1.54, 1.807) is 0 Å². The lowest BCUT2D eigenvalue weighted by Gasteiger charge is -2.36. The lowest BCUT2D eigenvalue weighted by Crippen LogP contribution is -2.47. The summed E-state index contributed by atoms with van der Waals surface area (Å²) in [5.41, 5.74) is 2.81. The van der Waals surface area contributed by atoms with Crippen molar-refractivity contribution in [3.63, 3.8) is 0 Å². The van der Waals surface area contributed by atoms with Crippen LogP contribution in [0.5, 0.6) is 0 Å². The minimum atomic E-state index is -0.0431. The molecule has 26 heavy (non-hydrogen) atoms. The van der Waals surface area contributed by atoms with Gasteiger partial charge in [-0.05, 0) is 24.3 Å². The van der Waals surface area contributed by atoms with Crippen molar-refractivity contribution < 1.29 is 0 Å². The molecule has 0 spiro atoms. The van der Waals surface area contributed by atoms with Crippen LogP contribution in [0.4, 0.5) is 5.69 Å². The summed E-state index contributed by atoms with van der Waals surface area (Å²) < 4.78 is 1.82. The van der Waals surface area contributed by atoms with Gasteiger partial charge in [0.05, 0.1) is 27.9 Å². The van der Waals surface area contributed by atoms with Gasteiger partial charge in [-0.25, -0.2) is 4.98 Å². The van der Waals surface area contributed by atoms with Crippen LogP contribution >= 0.6 is 11.6 Å². The first-order valence-corrected chi connectivity index (χ1v) is 9.26. The molecular weight excluding hydrogens is 348 g/mol. The Morgan fingerprint density at radius 1 is 0.923 bits per heavy atom. The number of rotatable bonds is 4. The Morgan fingerprint density at radius 3 is 2.46 bits per heavy atom. The second-order valence-corrected chi connectivity index (χ2v) is 6.92. The molecule has 0 amide bonds. The van der Waals surface area contributed by atoms with Crippen LogP contribution in [0.25, 0.3) is 11.0 Å². The molecule has 6 heteroatoms. The molecule has 0 bridgehead atoms. The van der Waals surface area contributed by atoms with Gasteiger partial charge in [-0.1, -0.05) is 35.9 Å². The van der Waals surface area contributed by atoms with Gasteiger partial charge in [-0.15, -0.1) is 0 Å². The van der Waals surface area contributed by atoms with Gasteiger partial charge in [0, 0.05) is 39.3 Å². The number of nitrogens with zero attached hydrogens (tertiary/aromatic N) is 4. The molecule has 5 nitrogen and oxygen atoms in total. The number of para-hydroxylation sites is 3. The zero-order valence-electron chi connectivity index (χ0n) is 14.5. The topological polar surface area (TPSA) is 41.4 Å². The lowest BCUT2D eigenvalue weighted by molar-refractivity contribution is 0.248. The molecule has 0 atom stereocenters. The summed E-state index contributed by atoms with van der Waals surface area (Å²) in [5.74, 6) is 0. The predicted molar refractivity (Wildman–Crippen MR) is 106 cm³/mol. The summed E-state index contributed by atoms with van der Waals surface area (Å²) in [6.07, 6.45) is 1.41. The second-order valence-electron chi connectivity index (χ2n) is 6.52. The molecule has 1 saturated heterocycles. The molecule has 0 saturated carbocycles. The maximum atomic E-state index is 12.2.